The van der Waals surface area contributed by atoms with Crippen LogP contribution in [0.4, 0.5) is 27.8 Å². The molecule has 0 unspecified atom stereocenters. The van der Waals surface area contributed by atoms with E-state index in [-0.39, 0.29) is 18.2 Å². The van der Waals surface area contributed by atoms with Crippen LogP contribution in [0.3, 0.4) is 0 Å². The predicted molar refractivity (Wildman–Crippen MR) is 85.4 cm³/mol. The van der Waals surface area contributed by atoms with E-state index >= 15 is 0 Å². The lowest BCUT2D eigenvalue weighted by Crippen LogP contribution is -2.25. The molecule has 8 N–H and O–H groups in total. The molecule has 0 bridgehead atoms. The van der Waals surface area contributed by atoms with Crippen LogP contribution < -0.4 is 22.7 Å². The zero-order valence-electron chi connectivity index (χ0n) is 11.4. The normalized spacial score (nSPS) is 9.32. The van der Waals surface area contributed by atoms with Gasteiger partial charge in [-0.3, -0.25) is 5.21 Å². The zero-order valence-corrected chi connectivity index (χ0v) is 12.2. The van der Waals surface area contributed by atoms with Crippen molar-refractivity contribution in [2.24, 2.45) is 16.0 Å². The molecule has 0 saturated carbocycles. The number of rotatable bonds is 2. The van der Waals surface area contributed by atoms with E-state index in [4.69, 9.17) is 16.7 Å². The number of hydroxylamine groups is 1. The number of amides is 2. The first kappa shape index (κ1) is 19.1. The number of nitrogen functional groups attached to an aromatic ring is 2. The summed E-state index contributed by atoms with van der Waals surface area (Å²) in [7, 11) is 0. The Morgan fingerprint density at radius 1 is 1.09 bits per heavy atom. The summed E-state index contributed by atoms with van der Waals surface area (Å²) in [5.41, 5.74) is 17.8. The molecule has 0 fully saturated rings. The third-order valence-corrected chi connectivity index (χ3v) is 2.06. The van der Waals surface area contributed by atoms with Gasteiger partial charge >= 0.3 is 6.03 Å². The second kappa shape index (κ2) is 9.91. The van der Waals surface area contributed by atoms with Gasteiger partial charge in [-0.15, -0.1) is 17.5 Å². The highest BCUT2D eigenvalue weighted by Gasteiger charge is 1.98. The number of hydrogen-bond donors (Lipinski definition) is 5. The number of urea groups is 1. The smallest absolute Gasteiger partial charge is 0.335 e. The predicted octanol–water partition coefficient (Wildman–Crippen LogP) is 2.13. The van der Waals surface area contributed by atoms with Gasteiger partial charge in [0.05, 0.1) is 5.69 Å². The summed E-state index contributed by atoms with van der Waals surface area (Å²) in [6.45, 7) is 0. The molecule has 2 amide bonds. The molecule has 1 aromatic heterocycles. The first-order valence-corrected chi connectivity index (χ1v) is 5.71. The van der Waals surface area contributed by atoms with Crippen LogP contribution in [0.15, 0.2) is 52.7 Å². The van der Waals surface area contributed by atoms with E-state index in [1.165, 1.54) is 5.48 Å². The third kappa shape index (κ3) is 7.03. The van der Waals surface area contributed by atoms with Crippen molar-refractivity contribution in [3.05, 3.63) is 42.5 Å². The lowest BCUT2D eigenvalue weighted by Gasteiger charge is -1.98. The SMILES string of the molecule is Cl.NC(=O)NO.Nc1ccc(N=Nc2ccccc2)c(N)n1. The van der Waals surface area contributed by atoms with Crippen molar-refractivity contribution < 1.29 is 10.0 Å². The average Bonchev–Trinajstić information content (AvgIpc) is 2.48. The van der Waals surface area contributed by atoms with Crippen molar-refractivity contribution in [2.75, 3.05) is 11.5 Å². The average molecular weight is 326 g/mol. The highest BCUT2D eigenvalue weighted by Crippen LogP contribution is 2.23. The summed E-state index contributed by atoms with van der Waals surface area (Å²) in [6.07, 6.45) is 0. The third-order valence-electron chi connectivity index (χ3n) is 2.06. The number of carbonyl (C=O) groups excluding carboxylic acids is 1. The monoisotopic (exact) mass is 325 g/mol. The largest absolute Gasteiger partial charge is 0.384 e. The minimum Gasteiger partial charge on any atom is -0.384 e. The fourth-order valence-corrected chi connectivity index (χ4v) is 1.17. The molecule has 0 aliphatic heterocycles. The molecule has 0 saturated heterocycles. The van der Waals surface area contributed by atoms with Gasteiger partial charge in [-0.2, -0.15) is 5.11 Å². The van der Waals surface area contributed by atoms with Crippen LogP contribution >= 0.6 is 12.4 Å². The lowest BCUT2D eigenvalue weighted by atomic mass is 10.3. The molecule has 22 heavy (non-hydrogen) atoms. The molecule has 1 heterocycles. The molecule has 0 radical (unpaired) electrons. The molecule has 10 heteroatoms. The van der Waals surface area contributed by atoms with Crippen molar-refractivity contribution in [2.45, 2.75) is 0 Å². The van der Waals surface area contributed by atoms with Gasteiger partial charge in [-0.1, -0.05) is 18.2 Å². The molecule has 118 valence electrons. The van der Waals surface area contributed by atoms with E-state index in [1.54, 1.807) is 12.1 Å². The standard InChI is InChI=1S/C11H11N5.CH4N2O2.ClH/c12-10-7-6-9(11(13)14-10)16-15-8-4-2-1-3-5-8;2-1(4)3-5;/h1-7H,(H4,12,13,14);5H,(H3,2,3,4);1H. The van der Waals surface area contributed by atoms with Gasteiger partial charge in [0, 0.05) is 0 Å². The number of benzene rings is 1. The lowest BCUT2D eigenvalue weighted by molar-refractivity contribution is 0.169. The minimum atomic E-state index is -0.940. The molecular weight excluding hydrogens is 310 g/mol. The number of hydrogen-bond acceptors (Lipinski definition) is 7. The Morgan fingerprint density at radius 3 is 2.18 bits per heavy atom. The number of nitrogens with two attached hydrogens (primary N) is 3. The van der Waals surface area contributed by atoms with E-state index in [0.29, 0.717) is 11.5 Å². The number of pyridine rings is 1. The number of azo groups is 1. The maximum Gasteiger partial charge on any atom is 0.335 e. The summed E-state index contributed by atoms with van der Waals surface area (Å²) in [5, 5.41) is 15.4. The van der Waals surface area contributed by atoms with Gasteiger partial charge < -0.3 is 17.2 Å². The quantitative estimate of drug-likeness (QED) is 0.323. The molecular formula is C12H16ClN7O2. The Morgan fingerprint density at radius 2 is 1.68 bits per heavy atom. The number of aromatic nitrogens is 1. The molecule has 2 rings (SSSR count). The topological polar surface area (TPSA) is 165 Å². The summed E-state index contributed by atoms with van der Waals surface area (Å²) < 4.78 is 0. The summed E-state index contributed by atoms with van der Waals surface area (Å²) >= 11 is 0. The fraction of sp³-hybridized carbons (Fsp3) is 0. The van der Waals surface area contributed by atoms with Gasteiger partial charge in [0.2, 0.25) is 0 Å². The van der Waals surface area contributed by atoms with E-state index in [1.807, 2.05) is 30.3 Å². The van der Waals surface area contributed by atoms with Gasteiger partial charge in [0.1, 0.15) is 11.5 Å². The number of primary amides is 1. The molecule has 0 atom stereocenters. The van der Waals surface area contributed by atoms with Crippen LogP contribution in [0.1, 0.15) is 0 Å². The number of carbonyl (C=O) groups is 1. The van der Waals surface area contributed by atoms with Crippen LogP contribution in [0.2, 0.25) is 0 Å². The van der Waals surface area contributed by atoms with E-state index in [2.05, 4.69) is 20.9 Å². The molecule has 0 spiro atoms. The van der Waals surface area contributed by atoms with Crippen molar-refractivity contribution >= 4 is 41.4 Å². The Hall–Kier alpha value is -2.91. The Labute approximate surface area is 132 Å². The minimum absolute atomic E-state index is 0. The van der Waals surface area contributed by atoms with E-state index < -0.39 is 6.03 Å². The fourth-order valence-electron chi connectivity index (χ4n) is 1.17. The van der Waals surface area contributed by atoms with Gasteiger partial charge in [-0.05, 0) is 24.3 Å². The molecule has 2 aromatic rings. The maximum atomic E-state index is 9.23. The zero-order chi connectivity index (χ0) is 15.7. The number of nitrogens with zero attached hydrogens (tertiary/aromatic N) is 3. The Balaban J connectivity index is 0.000000644. The number of nitrogens with one attached hydrogen (secondary N) is 1. The highest BCUT2D eigenvalue weighted by atomic mass is 35.5. The van der Waals surface area contributed by atoms with E-state index in [9.17, 15) is 4.79 Å². The van der Waals surface area contributed by atoms with Crippen LogP contribution in [-0.2, 0) is 0 Å². The van der Waals surface area contributed by atoms with Crippen molar-refractivity contribution in [1.82, 2.24) is 10.5 Å². The molecule has 0 aliphatic carbocycles. The van der Waals surface area contributed by atoms with Crippen LogP contribution in [-0.4, -0.2) is 16.2 Å². The molecule has 9 nitrogen and oxygen atoms in total. The van der Waals surface area contributed by atoms with Crippen molar-refractivity contribution in [1.29, 1.82) is 0 Å². The maximum absolute atomic E-state index is 9.23. The first-order chi connectivity index (χ1) is 10.0. The number of anilines is 2. The molecule has 1 aromatic carbocycles. The summed E-state index contributed by atoms with van der Waals surface area (Å²) in [4.78, 5) is 13.1. The van der Waals surface area contributed by atoms with Crippen molar-refractivity contribution in [3.8, 4) is 0 Å². The van der Waals surface area contributed by atoms with Gasteiger partial charge in [0.15, 0.2) is 5.82 Å². The second-order valence-electron chi connectivity index (χ2n) is 3.65. The van der Waals surface area contributed by atoms with Gasteiger partial charge in [0.25, 0.3) is 0 Å². The van der Waals surface area contributed by atoms with Crippen LogP contribution in [0, 0.1) is 0 Å². The number of halogens is 1. The van der Waals surface area contributed by atoms with Crippen molar-refractivity contribution in [3.63, 3.8) is 0 Å². The van der Waals surface area contributed by atoms with Crippen LogP contribution in [0.25, 0.3) is 0 Å². The molecule has 0 aliphatic rings. The summed E-state index contributed by atoms with van der Waals surface area (Å²) in [5.74, 6) is 0.649. The van der Waals surface area contributed by atoms with Crippen LogP contribution in [0.5, 0.6) is 0 Å². The van der Waals surface area contributed by atoms with E-state index in [0.717, 1.165) is 5.69 Å². The Kier molecular flexibility index (Phi) is 8.60. The Bertz CT molecular complexity index is 622. The van der Waals surface area contributed by atoms with Gasteiger partial charge in [-0.25, -0.2) is 15.3 Å². The first-order valence-electron chi connectivity index (χ1n) is 5.71. The highest BCUT2D eigenvalue weighted by molar-refractivity contribution is 5.85. The summed E-state index contributed by atoms with van der Waals surface area (Å²) in [6, 6.07) is 11.8. The second-order valence-corrected chi connectivity index (χ2v) is 3.65.